The van der Waals surface area contributed by atoms with E-state index in [1.54, 1.807) is 39.9 Å². The zero-order valence-corrected chi connectivity index (χ0v) is 21.0. The summed E-state index contributed by atoms with van der Waals surface area (Å²) >= 11 is 1.72. The first-order valence-corrected chi connectivity index (χ1v) is 14.2. The molecular weight excluding hydrogens is 468 g/mol. The monoisotopic (exact) mass is 498 g/mol. The highest BCUT2D eigenvalue weighted by molar-refractivity contribution is 7.89. The van der Waals surface area contributed by atoms with E-state index >= 15 is 0 Å². The fraction of sp³-hybridized carbons (Fsp3) is 0.440. The number of amides is 1. The summed E-state index contributed by atoms with van der Waals surface area (Å²) in [6.45, 7) is 6.05. The normalized spacial score (nSPS) is 20.6. The summed E-state index contributed by atoms with van der Waals surface area (Å²) < 4.78 is 29.2. The lowest BCUT2D eigenvalue weighted by molar-refractivity contribution is 0.0628. The third kappa shape index (κ3) is 4.75. The van der Waals surface area contributed by atoms with Crippen LogP contribution < -0.4 is 0 Å². The van der Waals surface area contributed by atoms with Crippen LogP contribution in [0.15, 0.2) is 53.4 Å². The lowest BCUT2D eigenvalue weighted by atomic mass is 10.1. The van der Waals surface area contributed by atoms with Gasteiger partial charge in [-0.2, -0.15) is 4.31 Å². The second kappa shape index (κ2) is 9.73. The maximum absolute atomic E-state index is 13.2. The Kier molecular flexibility index (Phi) is 6.70. The molecule has 0 saturated carbocycles. The number of carbonyl (C=O) groups is 1. The van der Waals surface area contributed by atoms with Crippen LogP contribution in [0.4, 0.5) is 0 Å². The summed E-state index contributed by atoms with van der Waals surface area (Å²) in [4.78, 5) is 22.3. The largest absolute Gasteiger partial charge is 0.336 e. The number of nitrogens with zero attached hydrogens (tertiary/aromatic N) is 4. The number of sulfonamides is 1. The molecule has 9 heteroatoms. The van der Waals surface area contributed by atoms with Crippen LogP contribution >= 0.6 is 11.3 Å². The van der Waals surface area contributed by atoms with E-state index in [1.807, 2.05) is 30.0 Å². The molecule has 0 aliphatic carbocycles. The zero-order valence-electron chi connectivity index (χ0n) is 19.4. The van der Waals surface area contributed by atoms with Gasteiger partial charge in [0, 0.05) is 44.3 Å². The highest BCUT2D eigenvalue weighted by Gasteiger charge is 2.32. The van der Waals surface area contributed by atoms with Crippen molar-refractivity contribution < 1.29 is 13.2 Å². The summed E-state index contributed by atoms with van der Waals surface area (Å²) in [5.74, 6) is -0.108. The predicted octanol–water partition coefficient (Wildman–Crippen LogP) is 3.82. The third-order valence-corrected chi connectivity index (χ3v) is 9.82. The molecule has 0 unspecified atom stereocenters. The molecule has 3 heterocycles. The molecule has 3 aromatic rings. The van der Waals surface area contributed by atoms with Gasteiger partial charge in [0.15, 0.2) is 0 Å². The molecule has 1 amide bonds. The Bertz CT molecular complexity index is 1250. The van der Waals surface area contributed by atoms with Crippen molar-refractivity contribution in [2.75, 3.05) is 32.7 Å². The van der Waals surface area contributed by atoms with E-state index in [4.69, 9.17) is 4.98 Å². The van der Waals surface area contributed by atoms with Crippen molar-refractivity contribution in [1.29, 1.82) is 0 Å². The quantitative estimate of drug-likeness (QED) is 0.535. The highest BCUT2D eigenvalue weighted by Crippen LogP contribution is 2.26. The minimum atomic E-state index is -3.60. The van der Waals surface area contributed by atoms with Gasteiger partial charge in [-0.15, -0.1) is 11.3 Å². The van der Waals surface area contributed by atoms with Crippen LogP contribution in [0.1, 0.15) is 41.6 Å². The predicted molar refractivity (Wildman–Crippen MR) is 134 cm³/mol. The van der Waals surface area contributed by atoms with Crippen molar-refractivity contribution in [3.8, 4) is 0 Å². The number of fused-ring (bicyclic) bond motifs is 1. The van der Waals surface area contributed by atoms with E-state index in [-0.39, 0.29) is 16.8 Å². The van der Waals surface area contributed by atoms with Crippen LogP contribution in [-0.4, -0.2) is 72.2 Å². The standard InChI is InChI=1S/C25H30N4O3S2/c1-19-7-4-5-12-29(19)34(31,32)21-9-6-8-20(17-21)25(30)28-15-13-27(14-16-28)18-24-26-22-10-2-3-11-23(22)33-24/h2-3,6,8-11,17,19H,4-5,7,12-16,18H2,1H3/t19-/m0/s1. The summed E-state index contributed by atoms with van der Waals surface area (Å²) in [6, 6.07) is 14.7. The number of para-hydroxylation sites is 1. The first-order chi connectivity index (χ1) is 16.4. The van der Waals surface area contributed by atoms with Gasteiger partial charge in [0.2, 0.25) is 10.0 Å². The summed E-state index contributed by atoms with van der Waals surface area (Å²) in [5, 5.41) is 1.09. The Labute approximate surface area is 205 Å². The molecule has 5 rings (SSSR count). The van der Waals surface area contributed by atoms with Gasteiger partial charge in [-0.25, -0.2) is 13.4 Å². The van der Waals surface area contributed by atoms with Crippen LogP contribution in [0, 0.1) is 0 Å². The van der Waals surface area contributed by atoms with Crippen LogP contribution in [0.25, 0.3) is 10.2 Å². The second-order valence-corrected chi connectivity index (χ2v) is 12.1. The summed E-state index contributed by atoms with van der Waals surface area (Å²) in [5.41, 5.74) is 1.47. The van der Waals surface area contributed by atoms with Crippen LogP contribution in [0.5, 0.6) is 0 Å². The summed E-state index contributed by atoms with van der Waals surface area (Å²) in [6.07, 6.45) is 2.80. The zero-order chi connectivity index (χ0) is 23.7. The minimum absolute atomic E-state index is 0.0124. The van der Waals surface area contributed by atoms with Gasteiger partial charge in [-0.3, -0.25) is 9.69 Å². The number of piperidine rings is 1. The molecule has 0 spiro atoms. The van der Waals surface area contributed by atoms with E-state index in [1.165, 1.54) is 4.70 Å². The Balaban J connectivity index is 1.23. The van der Waals surface area contributed by atoms with Crippen molar-refractivity contribution >= 4 is 37.5 Å². The Morgan fingerprint density at radius 2 is 1.82 bits per heavy atom. The number of carbonyl (C=O) groups excluding carboxylic acids is 1. The Morgan fingerprint density at radius 3 is 2.59 bits per heavy atom. The van der Waals surface area contributed by atoms with E-state index in [9.17, 15) is 13.2 Å². The van der Waals surface area contributed by atoms with E-state index < -0.39 is 10.0 Å². The Morgan fingerprint density at radius 1 is 1.03 bits per heavy atom. The molecule has 1 aromatic heterocycles. The van der Waals surface area contributed by atoms with E-state index in [2.05, 4.69) is 11.0 Å². The molecule has 34 heavy (non-hydrogen) atoms. The van der Waals surface area contributed by atoms with Gasteiger partial charge in [0.1, 0.15) is 5.01 Å². The number of thiazole rings is 1. The van der Waals surface area contributed by atoms with E-state index in [0.717, 1.165) is 49.4 Å². The topological polar surface area (TPSA) is 73.8 Å². The van der Waals surface area contributed by atoms with Crippen LogP contribution in [-0.2, 0) is 16.6 Å². The summed E-state index contributed by atoms with van der Waals surface area (Å²) in [7, 11) is -3.60. The molecular formula is C25H30N4O3S2. The van der Waals surface area contributed by atoms with E-state index in [0.29, 0.717) is 25.2 Å². The number of hydrogen-bond donors (Lipinski definition) is 0. The van der Waals surface area contributed by atoms with Crippen molar-refractivity contribution in [3.63, 3.8) is 0 Å². The maximum atomic E-state index is 13.2. The van der Waals surface area contributed by atoms with Crippen molar-refractivity contribution in [1.82, 2.24) is 19.1 Å². The number of rotatable bonds is 5. The maximum Gasteiger partial charge on any atom is 0.253 e. The fourth-order valence-corrected chi connectivity index (χ4v) is 7.58. The van der Waals surface area contributed by atoms with Gasteiger partial charge in [0.05, 0.1) is 21.7 Å². The molecule has 2 fully saturated rings. The number of piperazine rings is 1. The van der Waals surface area contributed by atoms with Crippen molar-refractivity contribution in [2.24, 2.45) is 0 Å². The fourth-order valence-electron chi connectivity index (χ4n) is 4.82. The molecule has 0 radical (unpaired) electrons. The minimum Gasteiger partial charge on any atom is -0.336 e. The smallest absolute Gasteiger partial charge is 0.253 e. The first-order valence-electron chi connectivity index (χ1n) is 11.9. The number of hydrogen-bond acceptors (Lipinski definition) is 6. The molecule has 180 valence electrons. The average molecular weight is 499 g/mol. The van der Waals surface area contributed by atoms with Gasteiger partial charge in [-0.1, -0.05) is 24.6 Å². The highest BCUT2D eigenvalue weighted by atomic mass is 32.2. The van der Waals surface area contributed by atoms with Gasteiger partial charge >= 0.3 is 0 Å². The van der Waals surface area contributed by atoms with Gasteiger partial charge < -0.3 is 4.90 Å². The van der Waals surface area contributed by atoms with Crippen LogP contribution in [0.2, 0.25) is 0 Å². The number of aromatic nitrogens is 1. The molecule has 2 aliphatic rings. The Hall–Kier alpha value is -2.33. The van der Waals surface area contributed by atoms with Crippen LogP contribution in [0.3, 0.4) is 0 Å². The SMILES string of the molecule is C[C@H]1CCCCN1S(=O)(=O)c1cccc(C(=O)N2CCN(Cc3nc4ccccc4s3)CC2)c1. The van der Waals surface area contributed by atoms with Gasteiger partial charge in [-0.05, 0) is 50.1 Å². The lowest BCUT2D eigenvalue weighted by Gasteiger charge is -2.34. The lowest BCUT2D eigenvalue weighted by Crippen LogP contribution is -2.48. The molecule has 0 N–H and O–H groups in total. The number of benzene rings is 2. The van der Waals surface area contributed by atoms with Crippen molar-refractivity contribution in [3.05, 3.63) is 59.1 Å². The molecule has 0 bridgehead atoms. The van der Waals surface area contributed by atoms with Crippen molar-refractivity contribution in [2.45, 2.75) is 43.7 Å². The first kappa shape index (κ1) is 23.4. The molecule has 2 saturated heterocycles. The third-order valence-electron chi connectivity index (χ3n) is 6.79. The molecule has 2 aromatic carbocycles. The average Bonchev–Trinajstić information content (AvgIpc) is 3.26. The van der Waals surface area contributed by atoms with Gasteiger partial charge in [0.25, 0.3) is 5.91 Å². The molecule has 7 nitrogen and oxygen atoms in total. The molecule has 2 aliphatic heterocycles. The molecule has 1 atom stereocenters. The second-order valence-electron chi connectivity index (χ2n) is 9.13.